The van der Waals surface area contributed by atoms with Crippen molar-refractivity contribution in [3.8, 4) is 0 Å². The van der Waals surface area contributed by atoms with Crippen molar-refractivity contribution in [2.45, 2.75) is 58.8 Å². The smallest absolute Gasteiger partial charge is 0.136 e. The quantitative estimate of drug-likeness (QED) is 0.367. The van der Waals surface area contributed by atoms with Crippen LogP contribution < -0.4 is 0 Å². The van der Waals surface area contributed by atoms with E-state index in [-0.39, 0.29) is 0 Å². The highest BCUT2D eigenvalue weighted by atomic mass is 32.2. The van der Waals surface area contributed by atoms with Crippen molar-refractivity contribution in [1.29, 1.82) is 0 Å². The zero-order chi connectivity index (χ0) is 13.2. The number of rotatable bonds is 7. The second-order valence-corrected chi connectivity index (χ2v) is 6.76. The van der Waals surface area contributed by atoms with Crippen LogP contribution in [0, 0.1) is 0 Å². The molecule has 0 bridgehead atoms. The molecule has 0 aromatic rings. The lowest BCUT2D eigenvalue weighted by Crippen LogP contribution is -2.23. The van der Waals surface area contributed by atoms with Gasteiger partial charge in [0.15, 0.2) is 0 Å². The molecule has 1 fully saturated rings. The maximum atomic E-state index is 5.46. The largest absolute Gasteiger partial charge is 0.358 e. The fourth-order valence-electron chi connectivity index (χ4n) is 2.15. The molecule has 0 aromatic heterocycles. The molecule has 1 aliphatic heterocycles. The lowest BCUT2D eigenvalue weighted by molar-refractivity contribution is 0.539. The summed E-state index contributed by atoms with van der Waals surface area (Å²) >= 11 is 7.30. The maximum absolute atomic E-state index is 5.46. The average Bonchev–Trinajstić information content (AvgIpc) is 2.89. The van der Waals surface area contributed by atoms with E-state index in [1.807, 2.05) is 11.8 Å². The van der Waals surface area contributed by atoms with Crippen LogP contribution in [-0.4, -0.2) is 28.1 Å². The zero-order valence-corrected chi connectivity index (χ0v) is 13.5. The minimum Gasteiger partial charge on any atom is -0.358 e. The van der Waals surface area contributed by atoms with Crippen LogP contribution in [0.25, 0.3) is 0 Å². The molecule has 0 spiro atoms. The normalized spacial score (nSPS) is 16.3. The van der Waals surface area contributed by atoms with E-state index in [4.69, 9.17) is 12.2 Å². The Balaban J connectivity index is 2.09. The van der Waals surface area contributed by atoms with Crippen molar-refractivity contribution in [1.82, 2.24) is 4.90 Å². The lowest BCUT2D eigenvalue weighted by Gasteiger charge is -2.17. The highest BCUT2D eigenvalue weighted by Gasteiger charge is 2.14. The Kier molecular flexibility index (Phi) is 8.78. The Morgan fingerprint density at radius 1 is 1.22 bits per heavy atom. The van der Waals surface area contributed by atoms with Gasteiger partial charge in [0.2, 0.25) is 0 Å². The molecule has 1 heterocycles. The first kappa shape index (κ1) is 16.0. The van der Waals surface area contributed by atoms with Crippen LogP contribution in [0.15, 0.2) is 11.6 Å². The standard InChI is InChI=1S/C15H27NS2/c1-3-4-5-6-7-10-14(2)13-18-15(17)16-11-8-9-12-16/h10H,3-9,11-13H2,1-2H3. The first-order chi connectivity index (χ1) is 8.74. The van der Waals surface area contributed by atoms with E-state index < -0.39 is 0 Å². The summed E-state index contributed by atoms with van der Waals surface area (Å²) in [6.07, 6.45) is 11.7. The molecule has 1 rings (SSSR count). The number of hydrogen-bond donors (Lipinski definition) is 0. The number of nitrogens with zero attached hydrogens (tertiary/aromatic N) is 1. The van der Waals surface area contributed by atoms with Gasteiger partial charge in [0.25, 0.3) is 0 Å². The van der Waals surface area contributed by atoms with Crippen molar-refractivity contribution >= 4 is 28.3 Å². The van der Waals surface area contributed by atoms with Crippen LogP contribution in [0.4, 0.5) is 0 Å². The topological polar surface area (TPSA) is 3.24 Å². The number of allylic oxidation sites excluding steroid dienone is 1. The van der Waals surface area contributed by atoms with E-state index >= 15 is 0 Å². The summed E-state index contributed by atoms with van der Waals surface area (Å²) < 4.78 is 1.10. The molecule has 0 unspecified atom stereocenters. The molecule has 0 saturated carbocycles. The van der Waals surface area contributed by atoms with Gasteiger partial charge in [0, 0.05) is 18.8 Å². The third-order valence-corrected chi connectivity index (χ3v) is 5.05. The molecule has 0 amide bonds. The van der Waals surface area contributed by atoms with Gasteiger partial charge >= 0.3 is 0 Å². The van der Waals surface area contributed by atoms with Crippen LogP contribution >= 0.6 is 24.0 Å². The van der Waals surface area contributed by atoms with Gasteiger partial charge in [-0.05, 0) is 32.6 Å². The Morgan fingerprint density at radius 3 is 2.61 bits per heavy atom. The van der Waals surface area contributed by atoms with E-state index in [0.29, 0.717) is 0 Å². The second kappa shape index (κ2) is 9.85. The van der Waals surface area contributed by atoms with Crippen LogP contribution in [0.3, 0.4) is 0 Å². The Bertz CT molecular complexity index is 268. The SMILES string of the molecule is CCCCCCC=C(C)CSC(=S)N1CCCC1. The van der Waals surface area contributed by atoms with Gasteiger partial charge in [-0.15, -0.1) is 0 Å². The molecule has 0 radical (unpaired) electrons. The second-order valence-electron chi connectivity index (χ2n) is 5.15. The summed E-state index contributed by atoms with van der Waals surface area (Å²) in [5, 5.41) is 0. The summed E-state index contributed by atoms with van der Waals surface area (Å²) in [5.41, 5.74) is 1.48. The first-order valence-electron chi connectivity index (χ1n) is 7.31. The van der Waals surface area contributed by atoms with Gasteiger partial charge < -0.3 is 4.90 Å². The molecular formula is C15H27NS2. The summed E-state index contributed by atoms with van der Waals surface area (Å²) in [7, 11) is 0. The molecule has 1 nitrogen and oxygen atoms in total. The zero-order valence-electron chi connectivity index (χ0n) is 11.9. The summed E-state index contributed by atoms with van der Waals surface area (Å²) in [4.78, 5) is 2.36. The minimum absolute atomic E-state index is 1.07. The fourth-order valence-corrected chi connectivity index (χ4v) is 3.34. The van der Waals surface area contributed by atoms with Crippen LogP contribution in [0.5, 0.6) is 0 Å². The molecule has 1 saturated heterocycles. The molecule has 0 atom stereocenters. The van der Waals surface area contributed by atoms with Gasteiger partial charge in [0.1, 0.15) is 4.32 Å². The van der Waals surface area contributed by atoms with Crippen LogP contribution in [-0.2, 0) is 0 Å². The fraction of sp³-hybridized carbons (Fsp3) is 0.800. The molecule has 0 N–H and O–H groups in total. The third kappa shape index (κ3) is 6.79. The van der Waals surface area contributed by atoms with E-state index in [0.717, 1.165) is 10.1 Å². The van der Waals surface area contributed by atoms with Gasteiger partial charge in [0.05, 0.1) is 0 Å². The average molecular weight is 286 g/mol. The summed E-state index contributed by atoms with van der Waals surface area (Å²) in [6.45, 7) is 6.84. The van der Waals surface area contributed by atoms with Crippen molar-refractivity contribution in [2.75, 3.05) is 18.8 Å². The third-order valence-electron chi connectivity index (χ3n) is 3.34. The van der Waals surface area contributed by atoms with Crippen molar-refractivity contribution in [3.63, 3.8) is 0 Å². The van der Waals surface area contributed by atoms with Gasteiger partial charge in [-0.1, -0.05) is 61.8 Å². The Labute approximate surface area is 122 Å². The maximum Gasteiger partial charge on any atom is 0.136 e. The Morgan fingerprint density at radius 2 is 1.94 bits per heavy atom. The van der Waals surface area contributed by atoms with Crippen molar-refractivity contribution < 1.29 is 0 Å². The molecule has 0 aliphatic carbocycles. The Hall–Kier alpha value is -0.0200. The van der Waals surface area contributed by atoms with E-state index in [1.54, 1.807) is 0 Å². The van der Waals surface area contributed by atoms with E-state index in [9.17, 15) is 0 Å². The molecule has 1 aliphatic rings. The number of hydrogen-bond acceptors (Lipinski definition) is 2. The highest BCUT2D eigenvalue weighted by molar-refractivity contribution is 8.23. The van der Waals surface area contributed by atoms with E-state index in [2.05, 4.69) is 24.8 Å². The first-order valence-corrected chi connectivity index (χ1v) is 8.70. The van der Waals surface area contributed by atoms with E-state index in [1.165, 1.54) is 63.6 Å². The molecule has 0 aromatic carbocycles. The highest BCUT2D eigenvalue weighted by Crippen LogP contribution is 2.18. The van der Waals surface area contributed by atoms with Crippen LogP contribution in [0.2, 0.25) is 0 Å². The minimum atomic E-state index is 1.07. The monoisotopic (exact) mass is 285 g/mol. The van der Waals surface area contributed by atoms with Crippen molar-refractivity contribution in [2.24, 2.45) is 0 Å². The number of thiocarbonyl (C=S) groups is 1. The summed E-state index contributed by atoms with van der Waals surface area (Å²) in [5.74, 6) is 1.07. The molecule has 104 valence electrons. The predicted molar refractivity (Wildman–Crippen MR) is 88.4 cm³/mol. The molecule has 3 heteroatoms. The predicted octanol–water partition coefficient (Wildman–Crippen LogP) is 5.02. The number of likely N-dealkylation sites (tertiary alicyclic amines) is 1. The lowest BCUT2D eigenvalue weighted by atomic mass is 10.1. The molecule has 18 heavy (non-hydrogen) atoms. The van der Waals surface area contributed by atoms with Gasteiger partial charge in [-0.25, -0.2) is 0 Å². The van der Waals surface area contributed by atoms with Gasteiger partial charge in [-0.3, -0.25) is 0 Å². The van der Waals surface area contributed by atoms with Crippen LogP contribution in [0.1, 0.15) is 58.8 Å². The number of thioether (sulfide) groups is 1. The number of unbranched alkanes of at least 4 members (excludes halogenated alkanes) is 4. The van der Waals surface area contributed by atoms with Crippen molar-refractivity contribution in [3.05, 3.63) is 11.6 Å². The summed E-state index contributed by atoms with van der Waals surface area (Å²) in [6, 6.07) is 0. The molecular weight excluding hydrogens is 258 g/mol. The van der Waals surface area contributed by atoms with Gasteiger partial charge in [-0.2, -0.15) is 0 Å².